The Bertz CT molecular complexity index is 506. The molecule has 0 unspecified atom stereocenters. The van der Waals surface area contributed by atoms with Crippen LogP contribution in [0, 0.1) is 19.8 Å². The second kappa shape index (κ2) is 5.43. The van der Waals surface area contributed by atoms with Gasteiger partial charge in [-0.15, -0.1) is 0 Å². The number of amides is 1. The highest BCUT2D eigenvalue weighted by Gasteiger charge is 2.32. The van der Waals surface area contributed by atoms with Crippen molar-refractivity contribution >= 4 is 11.9 Å². The van der Waals surface area contributed by atoms with Crippen LogP contribution in [-0.4, -0.2) is 23.0 Å². The van der Waals surface area contributed by atoms with E-state index in [0.29, 0.717) is 6.42 Å². The van der Waals surface area contributed by atoms with Crippen molar-refractivity contribution in [2.45, 2.75) is 39.2 Å². The molecule has 1 amide bonds. The fourth-order valence-electron chi connectivity index (χ4n) is 2.00. The molecule has 1 aliphatic rings. The van der Waals surface area contributed by atoms with E-state index in [9.17, 15) is 14.7 Å². The van der Waals surface area contributed by atoms with Crippen molar-refractivity contribution < 1.29 is 14.7 Å². The van der Waals surface area contributed by atoms with Gasteiger partial charge in [0.25, 0.3) is 0 Å². The second-order valence-corrected chi connectivity index (χ2v) is 5.30. The monoisotopic (exact) mass is 261 g/mol. The van der Waals surface area contributed by atoms with E-state index in [0.717, 1.165) is 24.0 Å². The number of aliphatic carboxylic acids is 1. The van der Waals surface area contributed by atoms with E-state index in [4.69, 9.17) is 0 Å². The van der Waals surface area contributed by atoms with Gasteiger partial charge in [0.1, 0.15) is 6.04 Å². The van der Waals surface area contributed by atoms with E-state index in [2.05, 4.69) is 5.32 Å². The Hall–Kier alpha value is -1.84. The Morgan fingerprint density at radius 1 is 1.32 bits per heavy atom. The van der Waals surface area contributed by atoms with E-state index in [-0.39, 0.29) is 11.8 Å². The molecule has 0 aromatic heterocycles. The summed E-state index contributed by atoms with van der Waals surface area (Å²) in [5.74, 6) is -1.08. The summed E-state index contributed by atoms with van der Waals surface area (Å²) in [6.45, 7) is 4.01. The number of hydrogen-bond acceptors (Lipinski definition) is 2. The Morgan fingerprint density at radius 3 is 2.53 bits per heavy atom. The number of aryl methyl sites for hydroxylation is 2. The van der Waals surface area contributed by atoms with Gasteiger partial charge in [0.15, 0.2) is 0 Å². The first kappa shape index (κ1) is 13.6. The quantitative estimate of drug-likeness (QED) is 0.849. The molecule has 1 aromatic rings. The average molecular weight is 261 g/mol. The molecular weight excluding hydrogens is 242 g/mol. The van der Waals surface area contributed by atoms with E-state index in [1.54, 1.807) is 0 Å². The molecule has 19 heavy (non-hydrogen) atoms. The van der Waals surface area contributed by atoms with Crippen LogP contribution >= 0.6 is 0 Å². The van der Waals surface area contributed by atoms with Gasteiger partial charge in [-0.25, -0.2) is 4.79 Å². The third-order valence-corrected chi connectivity index (χ3v) is 3.57. The number of carbonyl (C=O) groups is 2. The minimum absolute atomic E-state index is 0.0293. The third-order valence-electron chi connectivity index (χ3n) is 3.57. The largest absolute Gasteiger partial charge is 0.480 e. The molecule has 1 aliphatic carbocycles. The van der Waals surface area contributed by atoms with Crippen molar-refractivity contribution in [2.75, 3.05) is 0 Å². The minimum atomic E-state index is -0.979. The Morgan fingerprint density at radius 2 is 2.00 bits per heavy atom. The van der Waals surface area contributed by atoms with Gasteiger partial charge in [-0.1, -0.05) is 18.2 Å². The van der Waals surface area contributed by atoms with Crippen LogP contribution in [0.15, 0.2) is 18.2 Å². The topological polar surface area (TPSA) is 66.4 Å². The first-order chi connectivity index (χ1) is 8.97. The summed E-state index contributed by atoms with van der Waals surface area (Å²) in [6.07, 6.45) is 2.08. The molecule has 1 atom stereocenters. The lowest BCUT2D eigenvalue weighted by Gasteiger charge is -2.15. The molecule has 0 saturated heterocycles. The van der Waals surface area contributed by atoms with E-state index in [1.165, 1.54) is 5.56 Å². The lowest BCUT2D eigenvalue weighted by molar-refractivity contribution is -0.142. The van der Waals surface area contributed by atoms with Gasteiger partial charge >= 0.3 is 5.97 Å². The molecular formula is C15H19NO3. The van der Waals surface area contributed by atoms with E-state index < -0.39 is 12.0 Å². The van der Waals surface area contributed by atoms with E-state index in [1.807, 2.05) is 32.0 Å². The van der Waals surface area contributed by atoms with Crippen LogP contribution in [0.2, 0.25) is 0 Å². The molecule has 0 heterocycles. The molecule has 4 heteroatoms. The zero-order chi connectivity index (χ0) is 14.0. The van der Waals surface area contributed by atoms with Crippen molar-refractivity contribution in [1.29, 1.82) is 0 Å². The average Bonchev–Trinajstić information content (AvgIpc) is 3.16. The summed E-state index contributed by atoms with van der Waals surface area (Å²) in [6, 6.07) is 5.04. The van der Waals surface area contributed by atoms with Gasteiger partial charge < -0.3 is 10.4 Å². The van der Waals surface area contributed by atoms with Gasteiger partial charge in [0.05, 0.1) is 0 Å². The highest BCUT2D eigenvalue weighted by atomic mass is 16.4. The number of carbonyl (C=O) groups excluding carboxylic acids is 1. The summed E-state index contributed by atoms with van der Waals surface area (Å²) < 4.78 is 0. The van der Waals surface area contributed by atoms with Crippen LogP contribution in [0.5, 0.6) is 0 Å². The molecule has 4 nitrogen and oxygen atoms in total. The van der Waals surface area contributed by atoms with Gasteiger partial charge in [0, 0.05) is 12.3 Å². The summed E-state index contributed by atoms with van der Waals surface area (Å²) in [5, 5.41) is 11.8. The van der Waals surface area contributed by atoms with Crippen molar-refractivity contribution in [1.82, 2.24) is 5.32 Å². The normalized spacial score (nSPS) is 15.9. The van der Waals surface area contributed by atoms with Crippen molar-refractivity contribution in [3.8, 4) is 0 Å². The summed E-state index contributed by atoms with van der Waals surface area (Å²) in [4.78, 5) is 22.9. The Kier molecular flexibility index (Phi) is 3.88. The Labute approximate surface area is 112 Å². The van der Waals surface area contributed by atoms with Crippen LogP contribution in [-0.2, 0) is 16.0 Å². The number of nitrogens with one attached hydrogen (secondary N) is 1. The number of carboxylic acid groups (broad SMARTS) is 1. The van der Waals surface area contributed by atoms with Crippen molar-refractivity contribution in [2.24, 2.45) is 5.92 Å². The lowest BCUT2D eigenvalue weighted by atomic mass is 10.0. The number of hydrogen-bond donors (Lipinski definition) is 2. The molecule has 0 spiro atoms. The van der Waals surface area contributed by atoms with Crippen molar-refractivity contribution in [3.63, 3.8) is 0 Å². The third kappa shape index (κ3) is 3.56. The maximum absolute atomic E-state index is 11.7. The molecule has 2 N–H and O–H groups in total. The second-order valence-electron chi connectivity index (χ2n) is 5.30. The van der Waals surface area contributed by atoms with Crippen LogP contribution < -0.4 is 5.32 Å². The van der Waals surface area contributed by atoms with Gasteiger partial charge in [-0.2, -0.15) is 0 Å². The predicted molar refractivity (Wildman–Crippen MR) is 71.9 cm³/mol. The fraction of sp³-hybridized carbons (Fsp3) is 0.467. The molecule has 2 rings (SSSR count). The smallest absolute Gasteiger partial charge is 0.326 e. The van der Waals surface area contributed by atoms with Gasteiger partial charge in [0.2, 0.25) is 5.91 Å². The van der Waals surface area contributed by atoms with Crippen LogP contribution in [0.1, 0.15) is 29.5 Å². The fourth-order valence-corrected chi connectivity index (χ4v) is 2.00. The lowest BCUT2D eigenvalue weighted by Crippen LogP contribution is -2.43. The van der Waals surface area contributed by atoms with Gasteiger partial charge in [-0.3, -0.25) is 4.79 Å². The van der Waals surface area contributed by atoms with Crippen LogP contribution in [0.3, 0.4) is 0 Å². The molecule has 1 saturated carbocycles. The first-order valence-corrected chi connectivity index (χ1v) is 6.56. The molecule has 1 fully saturated rings. The van der Waals surface area contributed by atoms with E-state index >= 15 is 0 Å². The SMILES string of the molecule is Cc1ccc(C[C@H](NC(=O)C2CC2)C(=O)O)cc1C. The zero-order valence-electron chi connectivity index (χ0n) is 11.3. The maximum atomic E-state index is 11.7. The first-order valence-electron chi connectivity index (χ1n) is 6.56. The minimum Gasteiger partial charge on any atom is -0.480 e. The molecule has 102 valence electrons. The predicted octanol–water partition coefficient (Wildman–Crippen LogP) is 1.83. The standard InChI is InChI=1S/C15H19NO3/c1-9-3-4-11(7-10(9)2)8-13(15(18)19)16-14(17)12-5-6-12/h3-4,7,12-13H,5-6,8H2,1-2H3,(H,16,17)(H,18,19)/t13-/m0/s1. The highest BCUT2D eigenvalue weighted by molar-refractivity contribution is 5.86. The maximum Gasteiger partial charge on any atom is 0.326 e. The summed E-state index contributed by atoms with van der Waals surface area (Å²) >= 11 is 0. The number of carboxylic acids is 1. The summed E-state index contributed by atoms with van der Waals surface area (Å²) in [7, 11) is 0. The molecule has 0 aliphatic heterocycles. The van der Waals surface area contributed by atoms with Crippen molar-refractivity contribution in [3.05, 3.63) is 34.9 Å². The Balaban J connectivity index is 2.04. The summed E-state index contributed by atoms with van der Waals surface area (Å²) in [5.41, 5.74) is 3.25. The highest BCUT2D eigenvalue weighted by Crippen LogP contribution is 2.29. The molecule has 0 bridgehead atoms. The van der Waals surface area contributed by atoms with Crippen LogP contribution in [0.25, 0.3) is 0 Å². The zero-order valence-corrected chi connectivity index (χ0v) is 11.3. The molecule has 0 radical (unpaired) electrons. The molecule has 1 aromatic carbocycles. The van der Waals surface area contributed by atoms with Crippen LogP contribution in [0.4, 0.5) is 0 Å². The van der Waals surface area contributed by atoms with Gasteiger partial charge in [-0.05, 0) is 43.4 Å². The number of rotatable bonds is 5. The number of benzene rings is 1.